The summed E-state index contributed by atoms with van der Waals surface area (Å²) < 4.78 is 0. The fourth-order valence-electron chi connectivity index (χ4n) is 1.45. The number of aromatic nitrogens is 1. The maximum Gasteiger partial charge on any atom is 0.138 e. The summed E-state index contributed by atoms with van der Waals surface area (Å²) in [5, 5.41) is 0.640. The van der Waals surface area contributed by atoms with Gasteiger partial charge >= 0.3 is 0 Å². The molecule has 0 fully saturated rings. The van der Waals surface area contributed by atoms with Crippen LogP contribution in [0, 0.1) is 7.05 Å². The third kappa shape index (κ3) is 1.03. The number of halogens is 1. The van der Waals surface area contributed by atoms with E-state index in [0.717, 1.165) is 13.0 Å². The Kier molecular flexibility index (Phi) is 1.59. The van der Waals surface area contributed by atoms with E-state index in [4.69, 9.17) is 11.6 Å². The summed E-state index contributed by atoms with van der Waals surface area (Å²) in [6.45, 7) is 1.03. The second kappa shape index (κ2) is 2.47. The van der Waals surface area contributed by atoms with E-state index >= 15 is 0 Å². The first-order valence-electron chi connectivity index (χ1n) is 3.60. The summed E-state index contributed by atoms with van der Waals surface area (Å²) >= 11 is 5.88. The van der Waals surface area contributed by atoms with Gasteiger partial charge in [0.25, 0.3) is 0 Å². The maximum absolute atomic E-state index is 5.88. The molecule has 58 valence electrons. The zero-order valence-corrected chi connectivity index (χ0v) is 6.86. The van der Waals surface area contributed by atoms with E-state index in [1.54, 1.807) is 6.20 Å². The van der Waals surface area contributed by atoms with E-state index in [2.05, 4.69) is 12.0 Å². The van der Waals surface area contributed by atoms with Crippen molar-refractivity contribution in [1.82, 2.24) is 4.98 Å². The Morgan fingerprint density at radius 1 is 1.64 bits per heavy atom. The number of fused-ring (bicyclic) bond motifs is 1. The molecule has 0 amide bonds. The minimum atomic E-state index is 0.640. The molecule has 1 aromatic rings. The summed E-state index contributed by atoms with van der Waals surface area (Å²) in [7, 11) is 3.95. The number of pyridine rings is 1. The lowest BCUT2D eigenvalue weighted by molar-refractivity contribution is -0.775. The SMILES string of the molecule is [CH2-][NH+]1CCc2c1ccnc2Cl. The molecule has 1 atom stereocenters. The molecule has 0 aliphatic carbocycles. The van der Waals surface area contributed by atoms with Crippen LogP contribution in [0.15, 0.2) is 12.3 Å². The first-order chi connectivity index (χ1) is 5.29. The predicted octanol–water partition coefficient (Wildman–Crippen LogP) is 0.599. The Hall–Kier alpha value is -0.600. The summed E-state index contributed by atoms with van der Waals surface area (Å²) in [6, 6.07) is 1.98. The second-order valence-corrected chi connectivity index (χ2v) is 3.09. The van der Waals surface area contributed by atoms with Gasteiger partial charge in [-0.05, 0) is 0 Å². The average molecular weight is 169 g/mol. The van der Waals surface area contributed by atoms with E-state index in [1.165, 1.54) is 16.2 Å². The quantitative estimate of drug-likeness (QED) is 0.444. The van der Waals surface area contributed by atoms with E-state index in [-0.39, 0.29) is 0 Å². The van der Waals surface area contributed by atoms with Gasteiger partial charge in [0.2, 0.25) is 0 Å². The van der Waals surface area contributed by atoms with Crippen LogP contribution in [-0.2, 0) is 6.42 Å². The fourth-order valence-corrected chi connectivity index (χ4v) is 1.70. The van der Waals surface area contributed by atoms with Crippen molar-refractivity contribution in [3.63, 3.8) is 0 Å². The van der Waals surface area contributed by atoms with Crippen molar-refractivity contribution in [2.45, 2.75) is 6.42 Å². The standard InChI is InChI=1S/C8H9ClN2/c1-11-5-3-6-7(11)2-4-10-8(6)9/h2,4,11H,1,3,5H2. The van der Waals surface area contributed by atoms with E-state index in [9.17, 15) is 0 Å². The molecule has 0 saturated carbocycles. The third-order valence-electron chi connectivity index (χ3n) is 2.06. The summed E-state index contributed by atoms with van der Waals surface area (Å²) in [6.07, 6.45) is 2.73. The number of nitrogens with zero attached hydrogens (tertiary/aromatic N) is 1. The molecule has 2 rings (SSSR count). The van der Waals surface area contributed by atoms with Crippen LogP contribution < -0.4 is 4.90 Å². The molecule has 2 heterocycles. The molecule has 1 N–H and O–H groups in total. The van der Waals surface area contributed by atoms with Crippen molar-refractivity contribution in [3.05, 3.63) is 30.0 Å². The zero-order chi connectivity index (χ0) is 7.84. The van der Waals surface area contributed by atoms with Crippen molar-refractivity contribution >= 4 is 17.3 Å². The first kappa shape index (κ1) is 7.07. The van der Waals surface area contributed by atoms with Gasteiger partial charge in [0, 0.05) is 18.7 Å². The summed E-state index contributed by atoms with van der Waals surface area (Å²) in [5.41, 5.74) is 2.36. The van der Waals surface area contributed by atoms with Gasteiger partial charge in [0.05, 0.1) is 12.1 Å². The molecule has 0 bridgehead atoms. The van der Waals surface area contributed by atoms with Gasteiger partial charge in [-0.2, -0.15) is 0 Å². The fraction of sp³-hybridized carbons (Fsp3) is 0.250. The zero-order valence-electron chi connectivity index (χ0n) is 6.10. The van der Waals surface area contributed by atoms with Gasteiger partial charge in [0.1, 0.15) is 10.8 Å². The summed E-state index contributed by atoms with van der Waals surface area (Å²) in [5.74, 6) is 0. The monoisotopic (exact) mass is 168 g/mol. The van der Waals surface area contributed by atoms with Crippen LogP contribution in [0.2, 0.25) is 5.15 Å². The number of nitrogens with one attached hydrogen (secondary N) is 1. The molecule has 1 unspecified atom stereocenters. The molecule has 2 nitrogen and oxygen atoms in total. The Labute approximate surface area is 70.8 Å². The van der Waals surface area contributed by atoms with Crippen molar-refractivity contribution < 1.29 is 4.90 Å². The van der Waals surface area contributed by atoms with Gasteiger partial charge in [-0.3, -0.25) is 0 Å². The highest BCUT2D eigenvalue weighted by molar-refractivity contribution is 6.30. The molecular formula is C8H9ClN2. The molecule has 3 heteroatoms. The molecule has 0 saturated heterocycles. The highest BCUT2D eigenvalue weighted by atomic mass is 35.5. The van der Waals surface area contributed by atoms with Crippen molar-refractivity contribution in [1.29, 1.82) is 0 Å². The van der Waals surface area contributed by atoms with Crippen LogP contribution in [0.25, 0.3) is 0 Å². The second-order valence-electron chi connectivity index (χ2n) is 2.73. The van der Waals surface area contributed by atoms with Crippen LogP contribution in [0.3, 0.4) is 0 Å². The van der Waals surface area contributed by atoms with Gasteiger partial charge in [-0.15, -0.1) is 7.05 Å². The van der Waals surface area contributed by atoms with Crippen molar-refractivity contribution in [2.75, 3.05) is 6.54 Å². The molecule has 11 heavy (non-hydrogen) atoms. The van der Waals surface area contributed by atoms with Gasteiger partial charge in [-0.1, -0.05) is 11.6 Å². The number of hydrogen-bond acceptors (Lipinski definition) is 1. The lowest BCUT2D eigenvalue weighted by Crippen LogP contribution is -3.00. The van der Waals surface area contributed by atoms with E-state index in [0.29, 0.717) is 5.15 Å². The molecule has 1 aromatic heterocycles. The van der Waals surface area contributed by atoms with Gasteiger partial charge in [0.15, 0.2) is 0 Å². The van der Waals surface area contributed by atoms with Crippen LogP contribution >= 0.6 is 11.6 Å². The number of rotatable bonds is 0. The maximum atomic E-state index is 5.88. The van der Waals surface area contributed by atoms with E-state index < -0.39 is 0 Å². The normalized spacial score (nSPS) is 21.8. The molecule has 0 radical (unpaired) electrons. The first-order valence-corrected chi connectivity index (χ1v) is 3.98. The Bertz CT molecular complexity index is 285. The smallest absolute Gasteiger partial charge is 0.138 e. The van der Waals surface area contributed by atoms with Crippen LogP contribution in [-0.4, -0.2) is 11.5 Å². The Morgan fingerprint density at radius 2 is 2.45 bits per heavy atom. The highest BCUT2D eigenvalue weighted by Crippen LogP contribution is 2.22. The largest absolute Gasteiger partial charge is 0.434 e. The third-order valence-corrected chi connectivity index (χ3v) is 2.39. The number of hydrogen-bond donors (Lipinski definition) is 1. The molecule has 0 aromatic carbocycles. The van der Waals surface area contributed by atoms with E-state index in [1.807, 2.05) is 6.07 Å². The summed E-state index contributed by atoms with van der Waals surface area (Å²) in [4.78, 5) is 5.19. The molecule has 1 aliphatic heterocycles. The van der Waals surface area contributed by atoms with Crippen molar-refractivity contribution in [3.8, 4) is 0 Å². The van der Waals surface area contributed by atoms with Gasteiger partial charge < -0.3 is 4.90 Å². The minimum Gasteiger partial charge on any atom is -0.434 e. The average Bonchev–Trinajstić information content (AvgIpc) is 2.35. The van der Waals surface area contributed by atoms with Crippen LogP contribution in [0.5, 0.6) is 0 Å². The molecule has 0 spiro atoms. The topological polar surface area (TPSA) is 17.3 Å². The lowest BCUT2D eigenvalue weighted by Gasteiger charge is -2.12. The highest BCUT2D eigenvalue weighted by Gasteiger charge is 2.19. The predicted molar refractivity (Wildman–Crippen MR) is 43.8 cm³/mol. The Balaban J connectivity index is 2.57. The molecule has 1 aliphatic rings. The minimum absolute atomic E-state index is 0.640. The van der Waals surface area contributed by atoms with Crippen molar-refractivity contribution in [2.24, 2.45) is 0 Å². The Morgan fingerprint density at radius 3 is 3.18 bits per heavy atom. The molecular weight excluding hydrogens is 160 g/mol. The van der Waals surface area contributed by atoms with Crippen LogP contribution in [0.4, 0.5) is 5.69 Å². The number of quaternary nitrogens is 1. The van der Waals surface area contributed by atoms with Gasteiger partial charge in [-0.25, -0.2) is 4.98 Å². The van der Waals surface area contributed by atoms with Crippen LogP contribution in [0.1, 0.15) is 5.56 Å². The lowest BCUT2D eigenvalue weighted by atomic mass is 10.2.